The van der Waals surface area contributed by atoms with E-state index in [1.807, 2.05) is 49.4 Å². The predicted molar refractivity (Wildman–Crippen MR) is 109 cm³/mol. The van der Waals surface area contributed by atoms with Crippen LogP contribution < -0.4 is 10.1 Å². The minimum Gasteiger partial charge on any atom is -0.493 e. The van der Waals surface area contributed by atoms with Crippen molar-refractivity contribution in [2.45, 2.75) is 26.7 Å². The molecule has 3 rings (SSSR count). The van der Waals surface area contributed by atoms with Gasteiger partial charge >= 0.3 is 0 Å². The summed E-state index contributed by atoms with van der Waals surface area (Å²) in [5, 5.41) is 3.45. The summed E-state index contributed by atoms with van der Waals surface area (Å²) in [6.45, 7) is 4.82. The maximum Gasteiger partial charge on any atom is 0.250 e. The van der Waals surface area contributed by atoms with E-state index in [9.17, 15) is 4.79 Å². The molecule has 0 fully saturated rings. The number of benzene rings is 2. The molecule has 1 heterocycles. The Kier molecular flexibility index (Phi) is 6.02. The van der Waals surface area contributed by atoms with Crippen molar-refractivity contribution in [3.63, 3.8) is 0 Å². The van der Waals surface area contributed by atoms with Gasteiger partial charge in [0.2, 0.25) is 5.91 Å². The topological polar surface area (TPSA) is 51.2 Å². The molecular weight excluding hydrogens is 344 g/mol. The molecule has 0 radical (unpaired) electrons. The van der Waals surface area contributed by atoms with E-state index in [-0.39, 0.29) is 5.91 Å². The van der Waals surface area contributed by atoms with Crippen molar-refractivity contribution in [3.8, 4) is 5.75 Å². The number of carbonyl (C=O) groups is 1. The number of carbonyl (C=O) groups excluding carboxylic acids is 1. The molecule has 134 valence electrons. The number of fused-ring (bicyclic) bond motifs is 1. The number of amides is 1. The number of aryl methyl sites for hydroxylation is 1. The first-order valence-electron chi connectivity index (χ1n) is 8.74. The van der Waals surface area contributed by atoms with Gasteiger partial charge in [0.1, 0.15) is 5.75 Å². The molecule has 0 saturated carbocycles. The molecule has 4 nitrogen and oxygen atoms in total. The number of unbranched alkanes of at least 4 members (excludes halogenated alkanes) is 1. The Morgan fingerprint density at radius 2 is 2.08 bits per heavy atom. The van der Waals surface area contributed by atoms with Crippen LogP contribution >= 0.6 is 11.3 Å². The summed E-state index contributed by atoms with van der Waals surface area (Å²) in [6, 6.07) is 13.7. The van der Waals surface area contributed by atoms with Gasteiger partial charge in [0.15, 0.2) is 5.13 Å². The summed E-state index contributed by atoms with van der Waals surface area (Å²) in [5.74, 6) is 0.589. The van der Waals surface area contributed by atoms with Crippen LogP contribution in [-0.4, -0.2) is 17.5 Å². The number of para-hydroxylation sites is 2. The average Bonchev–Trinajstić information content (AvgIpc) is 3.05. The molecular formula is C21H22N2O2S. The minimum absolute atomic E-state index is 0.204. The fourth-order valence-corrected chi connectivity index (χ4v) is 3.48. The van der Waals surface area contributed by atoms with Crippen molar-refractivity contribution in [2.75, 3.05) is 11.9 Å². The third-order valence-corrected chi connectivity index (χ3v) is 4.88. The summed E-state index contributed by atoms with van der Waals surface area (Å²) < 4.78 is 6.86. The molecule has 5 heteroatoms. The Hall–Kier alpha value is -2.66. The molecule has 0 bridgehead atoms. The molecule has 3 aromatic rings. The van der Waals surface area contributed by atoms with Crippen molar-refractivity contribution >= 4 is 38.7 Å². The molecule has 26 heavy (non-hydrogen) atoms. The summed E-state index contributed by atoms with van der Waals surface area (Å²) >= 11 is 1.48. The Labute approximate surface area is 157 Å². The molecule has 0 aliphatic heterocycles. The second kappa shape index (κ2) is 8.63. The highest BCUT2D eigenvalue weighted by molar-refractivity contribution is 7.22. The summed E-state index contributed by atoms with van der Waals surface area (Å²) in [7, 11) is 0. The van der Waals surface area contributed by atoms with Crippen LogP contribution in [0, 0.1) is 6.92 Å². The van der Waals surface area contributed by atoms with Gasteiger partial charge in [-0.3, -0.25) is 10.1 Å². The van der Waals surface area contributed by atoms with Crippen molar-refractivity contribution < 1.29 is 9.53 Å². The number of hydrogen-bond donors (Lipinski definition) is 1. The fraction of sp³-hybridized carbons (Fsp3) is 0.238. The quantitative estimate of drug-likeness (QED) is 0.448. The van der Waals surface area contributed by atoms with Gasteiger partial charge in [-0.05, 0) is 37.1 Å². The number of rotatable bonds is 7. The van der Waals surface area contributed by atoms with Gasteiger partial charge in [-0.1, -0.05) is 55.0 Å². The number of anilines is 1. The molecule has 0 saturated heterocycles. The van der Waals surface area contributed by atoms with Crippen LogP contribution in [0.1, 0.15) is 30.9 Å². The molecule has 2 aromatic carbocycles. The minimum atomic E-state index is -0.204. The number of aromatic nitrogens is 1. The van der Waals surface area contributed by atoms with E-state index in [4.69, 9.17) is 4.74 Å². The predicted octanol–water partition coefficient (Wildman–Crippen LogP) is 5.44. The summed E-state index contributed by atoms with van der Waals surface area (Å²) in [5.41, 5.74) is 2.93. The van der Waals surface area contributed by atoms with Gasteiger partial charge < -0.3 is 4.74 Å². The molecule has 0 aliphatic carbocycles. The van der Waals surface area contributed by atoms with Crippen LogP contribution in [0.4, 0.5) is 5.13 Å². The fourth-order valence-electron chi connectivity index (χ4n) is 2.53. The highest BCUT2D eigenvalue weighted by Gasteiger charge is 2.07. The van der Waals surface area contributed by atoms with Gasteiger partial charge in [0, 0.05) is 11.6 Å². The SMILES string of the molecule is CCCCOc1ccccc1/C=C/C(=O)Nc1nc2c(C)cccc2s1. The van der Waals surface area contributed by atoms with Crippen LogP contribution in [0.2, 0.25) is 0 Å². The number of nitrogens with one attached hydrogen (secondary N) is 1. The molecule has 1 N–H and O–H groups in total. The summed E-state index contributed by atoms with van der Waals surface area (Å²) in [6.07, 6.45) is 5.38. The first-order chi connectivity index (χ1) is 12.7. The van der Waals surface area contributed by atoms with E-state index in [0.717, 1.165) is 39.9 Å². The van der Waals surface area contributed by atoms with E-state index < -0.39 is 0 Å². The van der Waals surface area contributed by atoms with Crippen LogP contribution in [0.15, 0.2) is 48.5 Å². The van der Waals surface area contributed by atoms with E-state index >= 15 is 0 Å². The molecule has 0 atom stereocenters. The number of thiazole rings is 1. The Bertz CT molecular complexity index is 931. The van der Waals surface area contributed by atoms with Crippen molar-refractivity contribution in [1.29, 1.82) is 0 Å². The first-order valence-corrected chi connectivity index (χ1v) is 9.56. The molecule has 0 spiro atoms. The van der Waals surface area contributed by atoms with Crippen LogP contribution in [-0.2, 0) is 4.79 Å². The van der Waals surface area contributed by atoms with Crippen molar-refractivity contribution in [2.24, 2.45) is 0 Å². The van der Waals surface area contributed by atoms with E-state index in [1.165, 1.54) is 17.4 Å². The Morgan fingerprint density at radius 3 is 2.88 bits per heavy atom. The van der Waals surface area contributed by atoms with Gasteiger partial charge in [0.05, 0.1) is 16.8 Å². The maximum atomic E-state index is 12.2. The van der Waals surface area contributed by atoms with E-state index in [0.29, 0.717) is 11.7 Å². The van der Waals surface area contributed by atoms with E-state index in [2.05, 4.69) is 17.2 Å². The highest BCUT2D eigenvalue weighted by atomic mass is 32.1. The van der Waals surface area contributed by atoms with Gasteiger partial charge in [0.25, 0.3) is 0 Å². The lowest BCUT2D eigenvalue weighted by Crippen LogP contribution is -2.07. The normalized spacial score (nSPS) is 11.2. The molecule has 0 unspecified atom stereocenters. The zero-order valence-corrected chi connectivity index (χ0v) is 15.8. The lowest BCUT2D eigenvalue weighted by Gasteiger charge is -2.08. The number of nitrogens with zero attached hydrogens (tertiary/aromatic N) is 1. The lowest BCUT2D eigenvalue weighted by molar-refractivity contribution is -0.111. The van der Waals surface area contributed by atoms with Crippen LogP contribution in [0.3, 0.4) is 0 Å². The van der Waals surface area contributed by atoms with Crippen LogP contribution in [0.5, 0.6) is 5.75 Å². The zero-order valence-electron chi connectivity index (χ0n) is 15.0. The first kappa shape index (κ1) is 18.1. The highest BCUT2D eigenvalue weighted by Crippen LogP contribution is 2.28. The van der Waals surface area contributed by atoms with Gasteiger partial charge in [-0.2, -0.15) is 0 Å². The zero-order chi connectivity index (χ0) is 18.4. The lowest BCUT2D eigenvalue weighted by atomic mass is 10.2. The second-order valence-corrected chi connectivity index (χ2v) is 7.03. The van der Waals surface area contributed by atoms with Crippen molar-refractivity contribution in [1.82, 2.24) is 4.98 Å². The van der Waals surface area contributed by atoms with Crippen LogP contribution in [0.25, 0.3) is 16.3 Å². The number of hydrogen-bond acceptors (Lipinski definition) is 4. The van der Waals surface area contributed by atoms with Crippen molar-refractivity contribution in [3.05, 3.63) is 59.7 Å². The largest absolute Gasteiger partial charge is 0.493 e. The second-order valence-electron chi connectivity index (χ2n) is 6.00. The standard InChI is InChI=1S/C21H22N2O2S/c1-3-4-14-25-17-10-6-5-9-16(17)12-13-19(24)22-21-23-20-15(2)8-7-11-18(20)26-21/h5-13H,3-4,14H2,1-2H3,(H,22,23,24)/b13-12+. The van der Waals surface area contributed by atoms with E-state index in [1.54, 1.807) is 6.08 Å². The monoisotopic (exact) mass is 366 g/mol. The third-order valence-electron chi connectivity index (χ3n) is 3.94. The number of ether oxygens (including phenoxy) is 1. The Morgan fingerprint density at radius 1 is 1.23 bits per heavy atom. The maximum absolute atomic E-state index is 12.2. The van der Waals surface area contributed by atoms with Gasteiger partial charge in [-0.25, -0.2) is 4.98 Å². The average molecular weight is 366 g/mol. The summed E-state index contributed by atoms with van der Waals surface area (Å²) in [4.78, 5) is 16.7. The smallest absolute Gasteiger partial charge is 0.250 e. The molecule has 0 aliphatic rings. The third kappa shape index (κ3) is 4.49. The Balaban J connectivity index is 1.68. The molecule has 1 aromatic heterocycles. The molecule has 1 amide bonds. The van der Waals surface area contributed by atoms with Gasteiger partial charge in [-0.15, -0.1) is 0 Å².